The van der Waals surface area contributed by atoms with Crippen molar-refractivity contribution in [2.75, 3.05) is 50.1 Å². The Bertz CT molecular complexity index is 635. The van der Waals surface area contributed by atoms with Crippen LogP contribution >= 0.6 is 0 Å². The maximum atomic E-state index is 4.68. The molecule has 3 rings (SSSR count). The summed E-state index contributed by atoms with van der Waals surface area (Å²) < 4.78 is 0. The second-order valence-corrected chi connectivity index (χ2v) is 6.18. The molecule has 0 atom stereocenters. The lowest BCUT2D eigenvalue weighted by Gasteiger charge is -2.35. The van der Waals surface area contributed by atoms with Crippen LogP contribution in [0.25, 0.3) is 0 Å². The minimum Gasteiger partial charge on any atom is -0.363 e. The first kappa shape index (κ1) is 15.7. The Labute approximate surface area is 137 Å². The smallest absolute Gasteiger partial charge is 0.227 e. The number of nitrogens with zero attached hydrogens (tertiary/aromatic N) is 6. The first-order valence-electron chi connectivity index (χ1n) is 8.01. The van der Waals surface area contributed by atoms with Gasteiger partial charge < -0.3 is 9.80 Å². The summed E-state index contributed by atoms with van der Waals surface area (Å²) in [6, 6.07) is 6.18. The predicted octanol–water partition coefficient (Wildman–Crippen LogP) is 1.57. The summed E-state index contributed by atoms with van der Waals surface area (Å²) >= 11 is 0. The Morgan fingerprint density at radius 2 is 1.74 bits per heavy atom. The van der Waals surface area contributed by atoms with Gasteiger partial charge in [0.25, 0.3) is 0 Å². The second kappa shape index (κ2) is 6.91. The molecule has 0 aromatic carbocycles. The quantitative estimate of drug-likeness (QED) is 0.854. The fourth-order valence-electron chi connectivity index (χ4n) is 2.76. The van der Waals surface area contributed by atoms with E-state index < -0.39 is 0 Å². The highest BCUT2D eigenvalue weighted by atomic mass is 15.3. The number of hydrogen-bond donors (Lipinski definition) is 0. The van der Waals surface area contributed by atoms with E-state index >= 15 is 0 Å². The van der Waals surface area contributed by atoms with Crippen molar-refractivity contribution in [3.63, 3.8) is 0 Å². The third-order valence-electron chi connectivity index (χ3n) is 4.10. The monoisotopic (exact) mass is 312 g/mol. The van der Waals surface area contributed by atoms with Gasteiger partial charge in [0.1, 0.15) is 5.82 Å². The molecule has 1 aliphatic heterocycles. The number of piperazine rings is 1. The topological polar surface area (TPSA) is 48.4 Å². The van der Waals surface area contributed by atoms with Gasteiger partial charge in [-0.1, -0.05) is 0 Å². The average molecular weight is 312 g/mol. The first-order chi connectivity index (χ1) is 11.1. The molecule has 0 N–H and O–H groups in total. The molecule has 2 aromatic heterocycles. The molecule has 23 heavy (non-hydrogen) atoms. The lowest BCUT2D eigenvalue weighted by atomic mass is 10.2. The molecule has 1 fully saturated rings. The number of rotatable bonds is 4. The van der Waals surface area contributed by atoms with E-state index in [1.807, 2.05) is 44.4 Å². The standard InChI is InChI=1S/C17H24N6/c1-14-12-16(21(2)3)20-17(19-14)23-10-8-22(9-11-23)13-15-4-6-18-7-5-15/h4-7,12H,8-11,13H2,1-3H3. The minimum atomic E-state index is 0.845. The second-order valence-electron chi connectivity index (χ2n) is 6.18. The van der Waals surface area contributed by atoms with E-state index in [0.717, 1.165) is 50.2 Å². The summed E-state index contributed by atoms with van der Waals surface area (Å²) in [6.07, 6.45) is 3.71. The van der Waals surface area contributed by atoms with Crippen LogP contribution in [0.1, 0.15) is 11.3 Å². The Balaban J connectivity index is 1.63. The third-order valence-corrected chi connectivity index (χ3v) is 4.10. The molecule has 0 spiro atoms. The number of pyridine rings is 1. The van der Waals surface area contributed by atoms with Crippen LogP contribution in [-0.4, -0.2) is 60.1 Å². The maximum absolute atomic E-state index is 4.68. The van der Waals surface area contributed by atoms with Crippen LogP contribution < -0.4 is 9.80 Å². The molecular weight excluding hydrogens is 288 g/mol. The van der Waals surface area contributed by atoms with Crippen molar-refractivity contribution in [1.82, 2.24) is 19.9 Å². The molecule has 0 unspecified atom stereocenters. The average Bonchev–Trinajstić information content (AvgIpc) is 2.56. The van der Waals surface area contributed by atoms with Crippen LogP contribution in [-0.2, 0) is 6.54 Å². The highest BCUT2D eigenvalue weighted by molar-refractivity contribution is 5.45. The van der Waals surface area contributed by atoms with Gasteiger partial charge in [-0.2, -0.15) is 4.98 Å². The highest BCUT2D eigenvalue weighted by Gasteiger charge is 2.20. The molecular formula is C17H24N6. The van der Waals surface area contributed by atoms with Crippen LogP contribution in [0, 0.1) is 6.92 Å². The van der Waals surface area contributed by atoms with Crippen molar-refractivity contribution >= 4 is 11.8 Å². The van der Waals surface area contributed by atoms with E-state index in [1.165, 1.54) is 5.56 Å². The van der Waals surface area contributed by atoms with Crippen LogP contribution in [0.4, 0.5) is 11.8 Å². The van der Waals surface area contributed by atoms with Crippen LogP contribution in [0.5, 0.6) is 0 Å². The summed E-state index contributed by atoms with van der Waals surface area (Å²) in [4.78, 5) is 20.1. The number of anilines is 2. The van der Waals surface area contributed by atoms with E-state index in [9.17, 15) is 0 Å². The Morgan fingerprint density at radius 1 is 1.04 bits per heavy atom. The third kappa shape index (κ3) is 3.96. The van der Waals surface area contributed by atoms with E-state index in [4.69, 9.17) is 0 Å². The molecule has 1 aliphatic rings. The fraction of sp³-hybridized carbons (Fsp3) is 0.471. The normalized spacial score (nSPS) is 15.7. The molecule has 1 saturated heterocycles. The molecule has 0 aliphatic carbocycles. The van der Waals surface area contributed by atoms with Gasteiger partial charge >= 0.3 is 0 Å². The predicted molar refractivity (Wildman–Crippen MR) is 92.8 cm³/mol. The molecule has 0 bridgehead atoms. The summed E-state index contributed by atoms with van der Waals surface area (Å²) in [5, 5.41) is 0. The molecule has 0 amide bonds. The van der Waals surface area contributed by atoms with Crippen LogP contribution in [0.15, 0.2) is 30.6 Å². The highest BCUT2D eigenvalue weighted by Crippen LogP contribution is 2.17. The first-order valence-corrected chi connectivity index (χ1v) is 8.01. The summed E-state index contributed by atoms with van der Waals surface area (Å²) in [5.74, 6) is 1.81. The van der Waals surface area contributed by atoms with Crippen LogP contribution in [0.2, 0.25) is 0 Å². The van der Waals surface area contributed by atoms with Crippen molar-refractivity contribution in [2.24, 2.45) is 0 Å². The zero-order valence-corrected chi connectivity index (χ0v) is 14.1. The van der Waals surface area contributed by atoms with Gasteiger partial charge in [-0.15, -0.1) is 0 Å². The van der Waals surface area contributed by atoms with Crippen molar-refractivity contribution in [1.29, 1.82) is 0 Å². The fourth-order valence-corrected chi connectivity index (χ4v) is 2.76. The van der Waals surface area contributed by atoms with Crippen molar-refractivity contribution < 1.29 is 0 Å². The SMILES string of the molecule is Cc1cc(N(C)C)nc(N2CCN(Cc3ccncc3)CC2)n1. The maximum Gasteiger partial charge on any atom is 0.227 e. The van der Waals surface area contributed by atoms with Gasteiger partial charge in [-0.3, -0.25) is 9.88 Å². The number of hydrogen-bond acceptors (Lipinski definition) is 6. The van der Waals surface area contributed by atoms with E-state index in [1.54, 1.807) is 0 Å². The molecule has 3 heterocycles. The molecule has 0 radical (unpaired) electrons. The van der Waals surface area contributed by atoms with Gasteiger partial charge in [0.2, 0.25) is 5.95 Å². The summed E-state index contributed by atoms with van der Waals surface area (Å²) in [5.41, 5.74) is 2.33. The number of aromatic nitrogens is 3. The summed E-state index contributed by atoms with van der Waals surface area (Å²) in [7, 11) is 4.02. The Hall–Kier alpha value is -2.21. The van der Waals surface area contributed by atoms with E-state index in [-0.39, 0.29) is 0 Å². The summed E-state index contributed by atoms with van der Waals surface area (Å²) in [6.45, 7) is 6.97. The van der Waals surface area contributed by atoms with E-state index in [2.05, 4.69) is 36.9 Å². The van der Waals surface area contributed by atoms with Crippen molar-refractivity contribution in [2.45, 2.75) is 13.5 Å². The zero-order chi connectivity index (χ0) is 16.2. The van der Waals surface area contributed by atoms with Gasteiger partial charge in [0.15, 0.2) is 0 Å². The zero-order valence-electron chi connectivity index (χ0n) is 14.1. The Kier molecular flexibility index (Phi) is 4.71. The number of aryl methyl sites for hydroxylation is 1. The molecule has 0 saturated carbocycles. The van der Waals surface area contributed by atoms with Gasteiger partial charge in [-0.25, -0.2) is 4.98 Å². The van der Waals surface area contributed by atoms with Gasteiger partial charge in [-0.05, 0) is 24.6 Å². The molecule has 6 nitrogen and oxygen atoms in total. The largest absolute Gasteiger partial charge is 0.363 e. The molecule has 6 heteroatoms. The van der Waals surface area contributed by atoms with Crippen molar-refractivity contribution in [3.8, 4) is 0 Å². The minimum absolute atomic E-state index is 0.845. The van der Waals surface area contributed by atoms with E-state index in [0.29, 0.717) is 0 Å². The van der Waals surface area contributed by atoms with Crippen LogP contribution in [0.3, 0.4) is 0 Å². The lowest BCUT2D eigenvalue weighted by Crippen LogP contribution is -2.46. The Morgan fingerprint density at radius 3 is 2.39 bits per heavy atom. The van der Waals surface area contributed by atoms with Gasteiger partial charge in [0.05, 0.1) is 0 Å². The van der Waals surface area contributed by atoms with Crippen molar-refractivity contribution in [3.05, 3.63) is 41.9 Å². The molecule has 122 valence electrons. The molecule has 2 aromatic rings. The lowest BCUT2D eigenvalue weighted by molar-refractivity contribution is 0.248. The van der Waals surface area contributed by atoms with Gasteiger partial charge in [0, 0.05) is 71.0 Å².